The van der Waals surface area contributed by atoms with Crippen molar-refractivity contribution in [2.24, 2.45) is 0 Å². The van der Waals surface area contributed by atoms with Crippen molar-refractivity contribution in [3.05, 3.63) is 96.1 Å². The van der Waals surface area contributed by atoms with Crippen molar-refractivity contribution >= 4 is 17.5 Å². The topological polar surface area (TPSA) is 55.5 Å². The van der Waals surface area contributed by atoms with E-state index in [0.29, 0.717) is 11.4 Å². The van der Waals surface area contributed by atoms with Crippen molar-refractivity contribution in [3.63, 3.8) is 0 Å². The Labute approximate surface area is 200 Å². The van der Waals surface area contributed by atoms with Gasteiger partial charge in [0.25, 0.3) is 5.91 Å². The average Bonchev–Trinajstić information content (AvgIpc) is 3.19. The third-order valence-electron chi connectivity index (χ3n) is 7.17. The van der Waals surface area contributed by atoms with Gasteiger partial charge in [-0.15, -0.1) is 0 Å². The number of hydrogen-bond acceptors (Lipinski definition) is 3. The summed E-state index contributed by atoms with van der Waals surface area (Å²) in [6.07, 6.45) is 0.252. The Kier molecular flexibility index (Phi) is 6.43. The van der Waals surface area contributed by atoms with E-state index in [0.717, 1.165) is 26.2 Å². The van der Waals surface area contributed by atoms with Gasteiger partial charge in [-0.05, 0) is 12.1 Å². The smallest absolute Gasteiger partial charge is 0.292 e. The number of anilines is 1. The first-order valence-corrected chi connectivity index (χ1v) is 12.0. The van der Waals surface area contributed by atoms with Crippen LogP contribution in [0.3, 0.4) is 0 Å². The zero-order chi connectivity index (χ0) is 23.5. The number of methoxy groups -OCH3 is 1. The van der Waals surface area contributed by atoms with Crippen molar-refractivity contribution < 1.29 is 24.1 Å². The van der Waals surface area contributed by atoms with Gasteiger partial charge in [0.2, 0.25) is 5.91 Å². The van der Waals surface area contributed by atoms with E-state index in [9.17, 15) is 9.59 Å². The Morgan fingerprint density at radius 2 is 1.35 bits per heavy atom. The highest BCUT2D eigenvalue weighted by molar-refractivity contribution is 6.22. The quantitative estimate of drug-likeness (QED) is 0.541. The monoisotopic (exact) mass is 457 g/mol. The Bertz CT molecular complexity index is 1100. The number of benzene rings is 3. The molecule has 6 nitrogen and oxygen atoms in total. The third-order valence-corrected chi connectivity index (χ3v) is 7.17. The summed E-state index contributed by atoms with van der Waals surface area (Å²) in [6.45, 7) is 3.59. The number of rotatable bonds is 6. The highest BCUT2D eigenvalue weighted by Gasteiger charge is 2.48. The molecule has 2 aliphatic rings. The van der Waals surface area contributed by atoms with Crippen LogP contribution in [0.15, 0.2) is 84.9 Å². The van der Waals surface area contributed by atoms with E-state index in [1.165, 1.54) is 25.8 Å². The van der Waals surface area contributed by atoms with Gasteiger partial charge in [0.1, 0.15) is 38.0 Å². The second-order valence-electron chi connectivity index (χ2n) is 9.07. The van der Waals surface area contributed by atoms with Crippen molar-refractivity contribution in [2.75, 3.05) is 38.2 Å². The highest BCUT2D eigenvalue weighted by atomic mass is 16.5. The molecule has 0 spiro atoms. The molecule has 0 unspecified atom stereocenters. The molecule has 2 saturated heterocycles. The minimum atomic E-state index is -0.328. The SMILES string of the molecule is COc1ccccc1N1C(=O)C[C@H]([NH+]2CC[NH+](C(c3ccccc3)c3ccccc3)CC2)C1=O. The van der Waals surface area contributed by atoms with E-state index in [1.807, 2.05) is 12.1 Å². The lowest BCUT2D eigenvalue weighted by molar-refractivity contribution is -1.03. The largest absolute Gasteiger partial charge is 0.495 e. The molecule has 2 N–H and O–H groups in total. The maximum Gasteiger partial charge on any atom is 0.292 e. The highest BCUT2D eigenvalue weighted by Crippen LogP contribution is 2.31. The first-order chi connectivity index (χ1) is 16.7. The summed E-state index contributed by atoms with van der Waals surface area (Å²) in [6, 6.07) is 28.5. The molecule has 2 aliphatic heterocycles. The number of quaternary nitrogens is 2. The standard InChI is InChI=1S/C28H29N3O3/c1-34-25-15-9-8-14-23(25)31-26(32)20-24(28(31)33)29-16-18-30(19-17-29)27(21-10-4-2-5-11-21)22-12-6-3-7-13-22/h2-15,24,27H,16-20H2,1H3/p+2/t24-/m0/s1. The molecule has 5 rings (SSSR count). The Balaban J connectivity index is 1.32. The summed E-state index contributed by atoms with van der Waals surface area (Å²) in [5, 5.41) is 0. The summed E-state index contributed by atoms with van der Waals surface area (Å²) in [5.41, 5.74) is 3.16. The molecule has 0 bridgehead atoms. The fourth-order valence-corrected chi connectivity index (χ4v) is 5.50. The summed E-state index contributed by atoms with van der Waals surface area (Å²) < 4.78 is 5.40. The molecule has 6 heteroatoms. The van der Waals surface area contributed by atoms with Gasteiger partial charge in [-0.3, -0.25) is 9.59 Å². The minimum absolute atomic E-state index is 0.115. The number of imide groups is 1. The molecular weight excluding hydrogens is 426 g/mol. The molecule has 0 aromatic heterocycles. The van der Waals surface area contributed by atoms with Crippen LogP contribution < -0.4 is 19.4 Å². The zero-order valence-electron chi connectivity index (χ0n) is 19.4. The van der Waals surface area contributed by atoms with Gasteiger partial charge in [0.15, 0.2) is 6.04 Å². The van der Waals surface area contributed by atoms with Gasteiger partial charge in [-0.25, -0.2) is 4.90 Å². The number of hydrogen-bond donors (Lipinski definition) is 2. The van der Waals surface area contributed by atoms with E-state index in [-0.39, 0.29) is 30.3 Å². The fraction of sp³-hybridized carbons (Fsp3) is 0.286. The molecule has 2 amide bonds. The maximum absolute atomic E-state index is 13.4. The van der Waals surface area contributed by atoms with Crippen LogP contribution >= 0.6 is 0 Å². The number of amides is 2. The van der Waals surface area contributed by atoms with Crippen molar-refractivity contribution in [1.29, 1.82) is 0 Å². The van der Waals surface area contributed by atoms with Gasteiger partial charge in [0, 0.05) is 11.1 Å². The zero-order valence-corrected chi connectivity index (χ0v) is 19.4. The molecule has 2 fully saturated rings. The van der Waals surface area contributed by atoms with Crippen LogP contribution in [0, 0.1) is 0 Å². The van der Waals surface area contributed by atoms with Gasteiger partial charge >= 0.3 is 0 Å². The van der Waals surface area contributed by atoms with Gasteiger partial charge in [0.05, 0.1) is 19.2 Å². The Morgan fingerprint density at radius 1 is 0.794 bits per heavy atom. The molecule has 0 radical (unpaired) electrons. The van der Waals surface area contributed by atoms with E-state index in [1.54, 1.807) is 19.2 Å². The van der Waals surface area contributed by atoms with Gasteiger partial charge in [-0.2, -0.15) is 0 Å². The van der Waals surface area contributed by atoms with Crippen LogP contribution in [0.25, 0.3) is 0 Å². The second-order valence-corrected chi connectivity index (χ2v) is 9.07. The number of nitrogens with one attached hydrogen (secondary N) is 2. The van der Waals surface area contributed by atoms with Crippen LogP contribution in [0.2, 0.25) is 0 Å². The molecule has 0 saturated carbocycles. The normalized spacial score (nSPS) is 22.9. The molecular formula is C28H31N3O3+2. The third kappa shape index (κ3) is 4.22. The average molecular weight is 458 g/mol. The Morgan fingerprint density at radius 3 is 1.94 bits per heavy atom. The lowest BCUT2D eigenvalue weighted by atomic mass is 9.96. The number of ether oxygens (including phenoxy) is 1. The fourth-order valence-electron chi connectivity index (χ4n) is 5.50. The van der Waals surface area contributed by atoms with Crippen LogP contribution in [-0.4, -0.2) is 51.1 Å². The summed E-state index contributed by atoms with van der Waals surface area (Å²) in [7, 11) is 1.56. The molecule has 2 heterocycles. The summed E-state index contributed by atoms with van der Waals surface area (Å²) in [5.74, 6) is 0.284. The molecule has 34 heavy (non-hydrogen) atoms. The minimum Gasteiger partial charge on any atom is -0.495 e. The lowest BCUT2D eigenvalue weighted by Gasteiger charge is -2.36. The molecule has 174 valence electrons. The van der Waals surface area contributed by atoms with Crippen LogP contribution in [0.1, 0.15) is 23.6 Å². The first kappa shape index (κ1) is 22.3. The summed E-state index contributed by atoms with van der Waals surface area (Å²) >= 11 is 0. The van der Waals surface area contributed by atoms with Crippen LogP contribution in [-0.2, 0) is 9.59 Å². The predicted molar refractivity (Wildman–Crippen MR) is 130 cm³/mol. The molecule has 0 aliphatic carbocycles. The second kappa shape index (κ2) is 9.79. The van der Waals surface area contributed by atoms with Gasteiger partial charge < -0.3 is 14.5 Å². The molecule has 3 aromatic rings. The van der Waals surface area contributed by atoms with Crippen molar-refractivity contribution in [3.8, 4) is 5.75 Å². The van der Waals surface area contributed by atoms with Gasteiger partial charge in [-0.1, -0.05) is 72.8 Å². The summed E-state index contributed by atoms with van der Waals surface area (Å²) in [4.78, 5) is 30.3. The van der Waals surface area contributed by atoms with E-state index >= 15 is 0 Å². The number of carbonyl (C=O) groups excluding carboxylic acids is 2. The number of nitrogens with zero attached hydrogens (tertiary/aromatic N) is 1. The maximum atomic E-state index is 13.4. The Hall–Kier alpha value is -3.48. The van der Waals surface area contributed by atoms with E-state index < -0.39 is 0 Å². The molecule has 3 aromatic carbocycles. The van der Waals surface area contributed by atoms with E-state index in [4.69, 9.17) is 4.74 Å². The number of piperazine rings is 1. The lowest BCUT2D eigenvalue weighted by Crippen LogP contribution is -3.30. The predicted octanol–water partition coefficient (Wildman–Crippen LogP) is 0.900. The van der Waals surface area contributed by atoms with Crippen LogP contribution in [0.4, 0.5) is 5.69 Å². The van der Waals surface area contributed by atoms with Crippen molar-refractivity contribution in [2.45, 2.75) is 18.5 Å². The number of carbonyl (C=O) groups is 2. The number of para-hydroxylation sites is 2. The van der Waals surface area contributed by atoms with Crippen LogP contribution in [0.5, 0.6) is 5.75 Å². The van der Waals surface area contributed by atoms with Crippen molar-refractivity contribution in [1.82, 2.24) is 0 Å². The first-order valence-electron chi connectivity index (χ1n) is 12.0. The van der Waals surface area contributed by atoms with E-state index in [2.05, 4.69) is 60.7 Å². The molecule has 1 atom stereocenters.